The minimum absolute atomic E-state index is 0.0104. The first-order chi connectivity index (χ1) is 19.3. The summed E-state index contributed by atoms with van der Waals surface area (Å²) < 4.78 is 16.1. The summed E-state index contributed by atoms with van der Waals surface area (Å²) in [4.78, 5) is 69.8. The zero-order valence-electron chi connectivity index (χ0n) is 23.7. The predicted molar refractivity (Wildman–Crippen MR) is 144 cm³/mol. The van der Waals surface area contributed by atoms with Crippen molar-refractivity contribution in [2.24, 2.45) is 35.3 Å². The molecular formula is C30H38FN3O7. The number of unbranched alkanes of at least 4 members (excludes halogenated alkanes) is 1. The molecule has 0 aliphatic heterocycles. The summed E-state index contributed by atoms with van der Waals surface area (Å²) in [5, 5.41) is 22.6. The van der Waals surface area contributed by atoms with E-state index in [0.29, 0.717) is 5.92 Å². The zero-order chi connectivity index (χ0) is 30.0. The van der Waals surface area contributed by atoms with Gasteiger partial charge in [0.15, 0.2) is 34.7 Å². The van der Waals surface area contributed by atoms with Crippen LogP contribution in [-0.4, -0.2) is 87.9 Å². The maximum Gasteiger partial charge on any atom is 0.235 e. The topological polar surface area (TPSA) is 158 Å². The molecule has 0 radical (unpaired) electrons. The molecule has 3 fully saturated rings. The molecule has 0 spiro atoms. The molecule has 1 aromatic rings. The Morgan fingerprint density at radius 3 is 2.44 bits per heavy atom. The Hall–Kier alpha value is -3.02. The van der Waals surface area contributed by atoms with Gasteiger partial charge in [0.1, 0.15) is 11.6 Å². The molecule has 11 heteroatoms. The molecule has 6 atom stereocenters. The molecule has 0 heterocycles. The van der Waals surface area contributed by atoms with Gasteiger partial charge < -0.3 is 15.9 Å². The summed E-state index contributed by atoms with van der Waals surface area (Å²) in [5.74, 6) is -11.5. The van der Waals surface area contributed by atoms with Crippen LogP contribution in [0.15, 0.2) is 6.07 Å². The van der Waals surface area contributed by atoms with Gasteiger partial charge in [-0.1, -0.05) is 13.3 Å². The van der Waals surface area contributed by atoms with Gasteiger partial charge in [0, 0.05) is 30.1 Å². The number of nitrogens with two attached hydrogens (primary N) is 1. The maximum absolute atomic E-state index is 16.1. The van der Waals surface area contributed by atoms with Crippen LogP contribution in [0.1, 0.15) is 60.5 Å². The van der Waals surface area contributed by atoms with Crippen molar-refractivity contribution in [3.8, 4) is 5.75 Å². The third-order valence-electron chi connectivity index (χ3n) is 9.50. The van der Waals surface area contributed by atoms with Crippen molar-refractivity contribution >= 4 is 29.0 Å². The number of likely N-dealkylation sites (N-methyl/N-ethyl adjacent to an activating group) is 1. The van der Waals surface area contributed by atoms with Gasteiger partial charge in [0.2, 0.25) is 5.91 Å². The number of rotatable bonds is 9. The summed E-state index contributed by atoms with van der Waals surface area (Å²) in [6.45, 7) is 3.96. The molecular weight excluding hydrogens is 533 g/mol. The fourth-order valence-corrected chi connectivity index (χ4v) is 7.35. The molecule has 4 N–H and O–H groups in total. The Bertz CT molecular complexity index is 1330. The number of amides is 1. The van der Waals surface area contributed by atoms with E-state index in [4.69, 9.17) is 5.73 Å². The molecule has 5 rings (SSSR count). The van der Waals surface area contributed by atoms with Gasteiger partial charge in [-0.05, 0) is 70.6 Å². The predicted octanol–water partition coefficient (Wildman–Crippen LogP) is 1.02. The summed E-state index contributed by atoms with van der Waals surface area (Å²) in [6, 6.07) is 0.0364. The normalized spacial score (nSPS) is 31.3. The largest absolute Gasteiger partial charge is 0.507 e. The minimum atomic E-state index is -2.80. The first-order valence-corrected chi connectivity index (χ1v) is 14.4. The Kier molecular flexibility index (Phi) is 7.67. The van der Waals surface area contributed by atoms with Crippen molar-refractivity contribution in [2.75, 3.05) is 27.2 Å². The molecule has 0 saturated heterocycles. The Labute approximate surface area is 238 Å². The molecule has 0 bridgehead atoms. The molecule has 2 unspecified atom stereocenters. The SMILES string of the molecule is CCCCN(Cc1cc(O)c2c(c1F)C[C@H]1C[C@H]3[C@H](N(C)C)C(=O)C(C(N)=O)C(=O)[C@@]3(O)C(=O)C1C2=O)CC1CC1. The number of aliphatic hydroxyl groups is 1. The summed E-state index contributed by atoms with van der Waals surface area (Å²) in [5.41, 5.74) is 2.49. The molecule has 3 saturated carbocycles. The lowest BCUT2D eigenvalue weighted by molar-refractivity contribution is -0.181. The third-order valence-corrected chi connectivity index (χ3v) is 9.50. The van der Waals surface area contributed by atoms with E-state index in [2.05, 4.69) is 11.8 Å². The lowest BCUT2D eigenvalue weighted by Crippen LogP contribution is -2.74. The second-order valence-electron chi connectivity index (χ2n) is 12.5. The molecule has 0 aromatic heterocycles. The van der Waals surface area contributed by atoms with Crippen LogP contribution >= 0.6 is 0 Å². The molecule has 1 aromatic carbocycles. The number of carbonyl (C=O) groups excluding carboxylic acids is 5. The number of phenols is 1. The highest BCUT2D eigenvalue weighted by molar-refractivity contribution is 6.32. The number of hydrogen-bond donors (Lipinski definition) is 3. The van der Waals surface area contributed by atoms with Crippen LogP contribution in [0, 0.1) is 35.4 Å². The molecule has 10 nitrogen and oxygen atoms in total. The van der Waals surface area contributed by atoms with E-state index in [0.717, 1.165) is 38.8 Å². The number of carbonyl (C=O) groups is 5. The highest BCUT2D eigenvalue weighted by Crippen LogP contribution is 2.51. The van der Waals surface area contributed by atoms with Gasteiger partial charge in [-0.25, -0.2) is 4.39 Å². The number of ketones is 4. The van der Waals surface area contributed by atoms with Crippen LogP contribution in [0.2, 0.25) is 0 Å². The van der Waals surface area contributed by atoms with Crippen LogP contribution in [-0.2, 0) is 32.1 Å². The number of nitrogens with zero attached hydrogens (tertiary/aromatic N) is 2. The lowest BCUT2D eigenvalue weighted by atomic mass is 9.52. The number of hydrogen-bond acceptors (Lipinski definition) is 9. The van der Waals surface area contributed by atoms with Gasteiger partial charge >= 0.3 is 0 Å². The van der Waals surface area contributed by atoms with E-state index in [-0.39, 0.29) is 36.1 Å². The highest BCUT2D eigenvalue weighted by atomic mass is 19.1. The highest BCUT2D eigenvalue weighted by Gasteiger charge is 2.69. The first-order valence-electron chi connectivity index (χ1n) is 14.4. The van der Waals surface area contributed by atoms with Gasteiger partial charge in [-0.2, -0.15) is 0 Å². The number of primary amides is 1. The Morgan fingerprint density at radius 2 is 1.85 bits per heavy atom. The first kappa shape index (κ1) is 29.5. The van der Waals surface area contributed by atoms with Crippen molar-refractivity contribution in [1.29, 1.82) is 0 Å². The molecule has 1 amide bonds. The summed E-state index contributed by atoms with van der Waals surface area (Å²) in [6.07, 6.45) is 4.01. The second kappa shape index (κ2) is 10.7. The van der Waals surface area contributed by atoms with E-state index in [9.17, 15) is 34.2 Å². The van der Waals surface area contributed by atoms with E-state index in [1.165, 1.54) is 25.1 Å². The maximum atomic E-state index is 16.1. The number of phenolic OH excluding ortho intramolecular Hbond substituents is 1. The molecule has 4 aliphatic rings. The average molecular weight is 572 g/mol. The van der Waals surface area contributed by atoms with Crippen LogP contribution < -0.4 is 5.73 Å². The standard InChI is InChI=1S/C30H38FN3O7/c1-4-5-8-34(12-14-6-7-14)13-16-11-19(35)21-17(23(16)31)9-15-10-18-24(33(2)3)26(37)22(29(32)40)28(39)30(18,41)27(38)20(15)25(21)36/h11,14-15,18,20,22,24,35,41H,4-10,12-13H2,1-3H3,(H2,32,40)/t15-,18-,20?,22?,24-,30-/m0/s1. The number of halogens is 1. The van der Waals surface area contributed by atoms with Gasteiger partial charge in [0.25, 0.3) is 0 Å². The van der Waals surface area contributed by atoms with Crippen molar-refractivity contribution in [1.82, 2.24) is 9.80 Å². The van der Waals surface area contributed by atoms with Gasteiger partial charge in [-0.15, -0.1) is 0 Å². The zero-order valence-corrected chi connectivity index (χ0v) is 23.7. The fourth-order valence-electron chi connectivity index (χ4n) is 7.35. The summed E-state index contributed by atoms with van der Waals surface area (Å²) >= 11 is 0. The van der Waals surface area contributed by atoms with E-state index < -0.39 is 75.9 Å². The fraction of sp³-hybridized carbons (Fsp3) is 0.633. The van der Waals surface area contributed by atoms with Crippen molar-refractivity contribution in [3.05, 3.63) is 28.6 Å². The third kappa shape index (κ3) is 4.71. The number of fused-ring (bicyclic) bond motifs is 3. The van der Waals surface area contributed by atoms with Crippen LogP contribution in [0.4, 0.5) is 4.39 Å². The van der Waals surface area contributed by atoms with Crippen molar-refractivity contribution in [3.63, 3.8) is 0 Å². The Balaban J connectivity index is 1.53. The number of Topliss-reactive ketones (excluding diaryl/α,β-unsaturated/α-hetero) is 4. The second-order valence-corrected chi connectivity index (χ2v) is 12.5. The van der Waals surface area contributed by atoms with Gasteiger partial charge in [-0.3, -0.25) is 33.8 Å². The van der Waals surface area contributed by atoms with Crippen molar-refractivity contribution in [2.45, 2.75) is 63.6 Å². The van der Waals surface area contributed by atoms with Crippen LogP contribution in [0.25, 0.3) is 0 Å². The average Bonchev–Trinajstić information content (AvgIpc) is 3.71. The molecule has 4 aliphatic carbocycles. The van der Waals surface area contributed by atoms with E-state index in [1.807, 2.05) is 0 Å². The monoisotopic (exact) mass is 571 g/mol. The van der Waals surface area contributed by atoms with Gasteiger partial charge in [0.05, 0.1) is 17.5 Å². The molecule has 41 heavy (non-hydrogen) atoms. The lowest BCUT2D eigenvalue weighted by Gasteiger charge is -2.52. The smallest absolute Gasteiger partial charge is 0.235 e. The van der Waals surface area contributed by atoms with Crippen molar-refractivity contribution < 1.29 is 38.6 Å². The van der Waals surface area contributed by atoms with E-state index >= 15 is 4.39 Å². The Morgan fingerprint density at radius 1 is 1.17 bits per heavy atom. The van der Waals surface area contributed by atoms with Crippen LogP contribution in [0.3, 0.4) is 0 Å². The van der Waals surface area contributed by atoms with E-state index in [1.54, 1.807) is 0 Å². The number of benzene rings is 1. The van der Waals surface area contributed by atoms with Crippen LogP contribution in [0.5, 0.6) is 5.75 Å². The summed E-state index contributed by atoms with van der Waals surface area (Å²) in [7, 11) is 3.04. The number of aromatic hydroxyl groups is 1. The molecule has 222 valence electrons. The minimum Gasteiger partial charge on any atom is -0.507 e. The quantitative estimate of drug-likeness (QED) is 0.368.